The van der Waals surface area contributed by atoms with Crippen molar-refractivity contribution in [3.63, 3.8) is 0 Å². The van der Waals surface area contributed by atoms with Crippen LogP contribution in [0.1, 0.15) is 23.1 Å². The summed E-state index contributed by atoms with van der Waals surface area (Å²) >= 11 is 1.75. The van der Waals surface area contributed by atoms with Crippen molar-refractivity contribution in [3.05, 3.63) is 53.2 Å². The van der Waals surface area contributed by atoms with E-state index in [1.54, 1.807) is 11.8 Å². The van der Waals surface area contributed by atoms with E-state index in [4.69, 9.17) is 5.73 Å². The van der Waals surface area contributed by atoms with Crippen LogP contribution in [0, 0.1) is 0 Å². The molecule has 0 saturated carbocycles. The Balaban J connectivity index is 1.85. The molecule has 1 aliphatic carbocycles. The van der Waals surface area contributed by atoms with E-state index in [0.29, 0.717) is 6.54 Å². The van der Waals surface area contributed by atoms with E-state index in [0.717, 1.165) is 11.4 Å². The van der Waals surface area contributed by atoms with Crippen LogP contribution in [0.3, 0.4) is 0 Å². The lowest BCUT2D eigenvalue weighted by Gasteiger charge is -2.08. The highest BCUT2D eigenvalue weighted by atomic mass is 32.2. The first-order valence-corrected chi connectivity index (χ1v) is 7.62. The van der Waals surface area contributed by atoms with Crippen LogP contribution in [0.15, 0.2) is 46.5 Å². The molecule has 1 aliphatic rings. The molecule has 2 aromatic rings. The van der Waals surface area contributed by atoms with Crippen LogP contribution in [0.2, 0.25) is 0 Å². The lowest BCUT2D eigenvalue weighted by Crippen LogP contribution is -2.04. The van der Waals surface area contributed by atoms with Gasteiger partial charge in [0.05, 0.1) is 0 Å². The molecule has 0 radical (unpaired) electrons. The number of nitrogens with two attached hydrogens (primary N) is 1. The van der Waals surface area contributed by atoms with Crippen LogP contribution in [0.25, 0.3) is 0 Å². The highest BCUT2D eigenvalue weighted by Crippen LogP contribution is 2.32. The standard InChI is InChI=1S/C16H18N2S/c17-9-8-13-5-2-10-18-16(13)19-15-7-6-12-3-1-4-14(12)11-15/h2,5-7,10-11H,1,3-4,8-9,17H2. The molecule has 0 amide bonds. The van der Waals surface area contributed by atoms with Gasteiger partial charge in [-0.25, -0.2) is 4.98 Å². The first kappa shape index (κ1) is 12.7. The summed E-state index contributed by atoms with van der Waals surface area (Å²) in [6, 6.07) is 10.9. The Morgan fingerprint density at radius 3 is 2.95 bits per heavy atom. The van der Waals surface area contributed by atoms with Crippen LogP contribution in [-0.2, 0) is 19.3 Å². The molecule has 3 rings (SSSR count). The molecule has 1 aromatic heterocycles. The second kappa shape index (κ2) is 5.76. The molecular weight excluding hydrogens is 252 g/mol. The highest BCUT2D eigenvalue weighted by molar-refractivity contribution is 7.99. The summed E-state index contributed by atoms with van der Waals surface area (Å²) in [7, 11) is 0. The monoisotopic (exact) mass is 270 g/mol. The summed E-state index contributed by atoms with van der Waals surface area (Å²) in [4.78, 5) is 5.78. The van der Waals surface area contributed by atoms with E-state index in [1.165, 1.54) is 40.8 Å². The summed E-state index contributed by atoms with van der Waals surface area (Å²) in [5.74, 6) is 0. The van der Waals surface area contributed by atoms with Crippen molar-refractivity contribution < 1.29 is 0 Å². The van der Waals surface area contributed by atoms with Crippen molar-refractivity contribution in [1.29, 1.82) is 0 Å². The number of hydrogen-bond acceptors (Lipinski definition) is 3. The van der Waals surface area contributed by atoms with Gasteiger partial charge >= 0.3 is 0 Å². The lowest BCUT2D eigenvalue weighted by atomic mass is 10.1. The Labute approximate surface area is 118 Å². The summed E-state index contributed by atoms with van der Waals surface area (Å²) in [5, 5.41) is 1.09. The van der Waals surface area contributed by atoms with Gasteiger partial charge < -0.3 is 5.73 Å². The zero-order chi connectivity index (χ0) is 13.1. The van der Waals surface area contributed by atoms with E-state index in [-0.39, 0.29) is 0 Å². The number of nitrogens with zero attached hydrogens (tertiary/aromatic N) is 1. The minimum atomic E-state index is 0.670. The van der Waals surface area contributed by atoms with Gasteiger partial charge in [-0.1, -0.05) is 23.9 Å². The topological polar surface area (TPSA) is 38.9 Å². The number of pyridine rings is 1. The molecule has 0 aliphatic heterocycles. The fourth-order valence-electron chi connectivity index (χ4n) is 2.59. The summed E-state index contributed by atoms with van der Waals surface area (Å²) in [5.41, 5.74) is 9.94. The van der Waals surface area contributed by atoms with Gasteiger partial charge in [-0.15, -0.1) is 0 Å². The predicted octanol–water partition coefficient (Wildman–Crippen LogP) is 3.22. The largest absolute Gasteiger partial charge is 0.330 e. The fourth-order valence-corrected chi connectivity index (χ4v) is 3.56. The number of rotatable bonds is 4. The summed E-state index contributed by atoms with van der Waals surface area (Å²) < 4.78 is 0. The van der Waals surface area contributed by atoms with Crippen molar-refractivity contribution in [2.45, 2.75) is 35.6 Å². The quantitative estimate of drug-likeness (QED) is 0.927. The Hall–Kier alpha value is -1.32. The second-order valence-corrected chi connectivity index (χ2v) is 5.95. The second-order valence-electron chi connectivity index (χ2n) is 4.89. The average Bonchev–Trinajstić information content (AvgIpc) is 2.89. The van der Waals surface area contributed by atoms with Crippen molar-refractivity contribution in [2.24, 2.45) is 5.73 Å². The lowest BCUT2D eigenvalue weighted by molar-refractivity contribution is 0.910. The Kier molecular flexibility index (Phi) is 3.85. The van der Waals surface area contributed by atoms with Gasteiger partial charge in [0.25, 0.3) is 0 Å². The Morgan fingerprint density at radius 2 is 2.05 bits per heavy atom. The fraction of sp³-hybridized carbons (Fsp3) is 0.312. The maximum atomic E-state index is 5.66. The van der Waals surface area contributed by atoms with Gasteiger partial charge in [0.2, 0.25) is 0 Å². The molecule has 0 saturated heterocycles. The first-order valence-electron chi connectivity index (χ1n) is 6.80. The van der Waals surface area contributed by atoms with E-state index in [9.17, 15) is 0 Å². The Bertz CT molecular complexity index is 581. The van der Waals surface area contributed by atoms with E-state index in [1.807, 2.05) is 12.3 Å². The smallest absolute Gasteiger partial charge is 0.104 e. The summed E-state index contributed by atoms with van der Waals surface area (Å²) in [6.45, 7) is 0.670. The molecule has 0 bridgehead atoms. The van der Waals surface area contributed by atoms with Gasteiger partial charge in [0.15, 0.2) is 0 Å². The van der Waals surface area contributed by atoms with E-state index in [2.05, 4.69) is 29.2 Å². The van der Waals surface area contributed by atoms with Crippen LogP contribution >= 0.6 is 11.8 Å². The first-order chi connectivity index (χ1) is 9.36. The SMILES string of the molecule is NCCc1cccnc1Sc1ccc2c(c1)CCC2. The zero-order valence-electron chi connectivity index (χ0n) is 10.9. The number of benzene rings is 1. The molecule has 3 heteroatoms. The van der Waals surface area contributed by atoms with Crippen molar-refractivity contribution >= 4 is 11.8 Å². The molecule has 0 fully saturated rings. The molecule has 19 heavy (non-hydrogen) atoms. The Morgan fingerprint density at radius 1 is 1.16 bits per heavy atom. The molecule has 0 spiro atoms. The van der Waals surface area contributed by atoms with Gasteiger partial charge in [-0.05, 0) is 67.1 Å². The van der Waals surface area contributed by atoms with Gasteiger partial charge in [-0.3, -0.25) is 0 Å². The number of aromatic nitrogens is 1. The number of hydrogen-bond donors (Lipinski definition) is 1. The van der Waals surface area contributed by atoms with Crippen molar-refractivity contribution in [3.8, 4) is 0 Å². The maximum absolute atomic E-state index is 5.66. The molecule has 0 unspecified atom stereocenters. The third-order valence-corrected chi connectivity index (χ3v) is 4.60. The normalized spacial score (nSPS) is 13.5. The highest BCUT2D eigenvalue weighted by Gasteiger charge is 2.12. The molecular formula is C16H18N2S. The van der Waals surface area contributed by atoms with Crippen LogP contribution in [0.5, 0.6) is 0 Å². The van der Waals surface area contributed by atoms with Crippen LogP contribution in [0.4, 0.5) is 0 Å². The van der Waals surface area contributed by atoms with E-state index < -0.39 is 0 Å². The molecule has 0 atom stereocenters. The maximum Gasteiger partial charge on any atom is 0.104 e. The van der Waals surface area contributed by atoms with Gasteiger partial charge in [0, 0.05) is 11.1 Å². The zero-order valence-corrected chi connectivity index (χ0v) is 11.7. The third-order valence-electron chi connectivity index (χ3n) is 3.55. The van der Waals surface area contributed by atoms with Gasteiger partial charge in [0.1, 0.15) is 5.03 Å². The minimum Gasteiger partial charge on any atom is -0.330 e. The number of aryl methyl sites for hydroxylation is 2. The van der Waals surface area contributed by atoms with Gasteiger partial charge in [-0.2, -0.15) is 0 Å². The predicted molar refractivity (Wildman–Crippen MR) is 79.6 cm³/mol. The van der Waals surface area contributed by atoms with Crippen LogP contribution < -0.4 is 5.73 Å². The van der Waals surface area contributed by atoms with E-state index >= 15 is 0 Å². The molecule has 1 heterocycles. The van der Waals surface area contributed by atoms with Crippen molar-refractivity contribution in [1.82, 2.24) is 4.98 Å². The minimum absolute atomic E-state index is 0.670. The molecule has 1 aromatic carbocycles. The average molecular weight is 270 g/mol. The molecule has 2 nitrogen and oxygen atoms in total. The van der Waals surface area contributed by atoms with Crippen molar-refractivity contribution in [2.75, 3.05) is 6.54 Å². The van der Waals surface area contributed by atoms with Crippen LogP contribution in [-0.4, -0.2) is 11.5 Å². The third kappa shape index (κ3) is 2.82. The molecule has 98 valence electrons. The molecule has 2 N–H and O–H groups in total. The number of fused-ring (bicyclic) bond motifs is 1. The summed E-state index contributed by atoms with van der Waals surface area (Å²) in [6.07, 6.45) is 6.51.